The second-order valence-electron chi connectivity index (χ2n) is 4.58. The molecule has 0 saturated carbocycles. The van der Waals surface area contributed by atoms with Gasteiger partial charge >= 0.3 is 0 Å². The van der Waals surface area contributed by atoms with Gasteiger partial charge in [-0.15, -0.1) is 11.8 Å². The standard InChI is InChI=1S/C14H19NO3S/c1-18-12-2-4-13(5-3-12)19-10-14(17)15-8-6-11(16)7-9-15/h2-5,11,16H,6-10H2,1H3. The second kappa shape index (κ2) is 6.82. The molecule has 1 aromatic carbocycles. The van der Waals surface area contributed by atoms with Gasteiger partial charge in [0.1, 0.15) is 5.75 Å². The number of carbonyl (C=O) groups excluding carboxylic acids is 1. The molecule has 0 radical (unpaired) electrons. The van der Waals surface area contributed by atoms with Gasteiger partial charge in [0.15, 0.2) is 0 Å². The Morgan fingerprint density at radius 2 is 2.00 bits per heavy atom. The number of aliphatic hydroxyl groups excluding tert-OH is 1. The third kappa shape index (κ3) is 4.14. The number of nitrogens with zero attached hydrogens (tertiary/aromatic N) is 1. The van der Waals surface area contributed by atoms with Gasteiger partial charge in [-0.1, -0.05) is 0 Å². The lowest BCUT2D eigenvalue weighted by atomic mass is 10.1. The number of carbonyl (C=O) groups is 1. The summed E-state index contributed by atoms with van der Waals surface area (Å²) in [7, 11) is 1.64. The molecule has 1 heterocycles. The van der Waals surface area contributed by atoms with E-state index in [4.69, 9.17) is 4.74 Å². The molecule has 19 heavy (non-hydrogen) atoms. The van der Waals surface area contributed by atoms with Crippen molar-refractivity contribution in [1.82, 2.24) is 4.90 Å². The summed E-state index contributed by atoms with van der Waals surface area (Å²) >= 11 is 1.53. The number of amides is 1. The highest BCUT2D eigenvalue weighted by Crippen LogP contribution is 2.22. The predicted molar refractivity (Wildman–Crippen MR) is 75.5 cm³/mol. The highest BCUT2D eigenvalue weighted by molar-refractivity contribution is 8.00. The highest BCUT2D eigenvalue weighted by atomic mass is 32.2. The molecule has 1 N–H and O–H groups in total. The van der Waals surface area contributed by atoms with Crippen LogP contribution in [-0.2, 0) is 4.79 Å². The Balaban J connectivity index is 1.79. The fourth-order valence-electron chi connectivity index (χ4n) is 2.02. The van der Waals surface area contributed by atoms with Crippen LogP contribution in [0.2, 0.25) is 0 Å². The first-order valence-electron chi connectivity index (χ1n) is 6.41. The second-order valence-corrected chi connectivity index (χ2v) is 5.62. The molecule has 4 nitrogen and oxygen atoms in total. The monoisotopic (exact) mass is 281 g/mol. The maximum Gasteiger partial charge on any atom is 0.232 e. The van der Waals surface area contributed by atoms with Crippen LogP contribution in [0.3, 0.4) is 0 Å². The number of hydrogen-bond acceptors (Lipinski definition) is 4. The first kappa shape index (κ1) is 14.2. The zero-order valence-corrected chi connectivity index (χ0v) is 11.9. The fourth-order valence-corrected chi connectivity index (χ4v) is 2.82. The van der Waals surface area contributed by atoms with E-state index in [0.717, 1.165) is 10.6 Å². The van der Waals surface area contributed by atoms with E-state index in [1.54, 1.807) is 7.11 Å². The fraction of sp³-hybridized carbons (Fsp3) is 0.500. The maximum absolute atomic E-state index is 12.0. The SMILES string of the molecule is COc1ccc(SCC(=O)N2CCC(O)CC2)cc1. The highest BCUT2D eigenvalue weighted by Gasteiger charge is 2.20. The van der Waals surface area contributed by atoms with Crippen LogP contribution in [0.1, 0.15) is 12.8 Å². The zero-order valence-electron chi connectivity index (χ0n) is 11.0. The third-order valence-electron chi connectivity index (χ3n) is 3.24. The number of likely N-dealkylation sites (tertiary alicyclic amines) is 1. The van der Waals surface area contributed by atoms with Gasteiger partial charge in [-0.05, 0) is 37.1 Å². The summed E-state index contributed by atoms with van der Waals surface area (Å²) in [5.74, 6) is 1.41. The van der Waals surface area contributed by atoms with Gasteiger partial charge in [-0.2, -0.15) is 0 Å². The minimum atomic E-state index is -0.238. The summed E-state index contributed by atoms with van der Waals surface area (Å²) in [6.07, 6.45) is 1.15. The third-order valence-corrected chi connectivity index (χ3v) is 4.24. The van der Waals surface area contributed by atoms with Crippen LogP contribution in [0.25, 0.3) is 0 Å². The van der Waals surface area contributed by atoms with Gasteiger partial charge in [-0.25, -0.2) is 0 Å². The molecular weight excluding hydrogens is 262 g/mol. The van der Waals surface area contributed by atoms with Crippen molar-refractivity contribution >= 4 is 17.7 Å². The first-order valence-corrected chi connectivity index (χ1v) is 7.40. The quantitative estimate of drug-likeness (QED) is 0.855. The molecule has 104 valence electrons. The number of methoxy groups -OCH3 is 1. The summed E-state index contributed by atoms with van der Waals surface area (Å²) in [4.78, 5) is 14.9. The summed E-state index contributed by atoms with van der Waals surface area (Å²) in [5.41, 5.74) is 0. The van der Waals surface area contributed by atoms with Gasteiger partial charge in [0, 0.05) is 18.0 Å². The summed E-state index contributed by atoms with van der Waals surface area (Å²) < 4.78 is 5.09. The van der Waals surface area contributed by atoms with Gasteiger partial charge < -0.3 is 14.7 Å². The van der Waals surface area contributed by atoms with Crippen molar-refractivity contribution in [3.05, 3.63) is 24.3 Å². The van der Waals surface area contributed by atoms with E-state index in [9.17, 15) is 9.90 Å². The summed E-state index contributed by atoms with van der Waals surface area (Å²) in [5, 5.41) is 9.41. The Labute approximate surface area is 117 Å². The minimum absolute atomic E-state index is 0.146. The Morgan fingerprint density at radius 3 is 2.58 bits per heavy atom. The molecule has 0 bridgehead atoms. The average Bonchev–Trinajstić information content (AvgIpc) is 2.46. The maximum atomic E-state index is 12.0. The molecule has 0 aromatic heterocycles. The van der Waals surface area contributed by atoms with Crippen LogP contribution in [0.4, 0.5) is 0 Å². The summed E-state index contributed by atoms with van der Waals surface area (Å²) in [6.45, 7) is 1.34. The molecule has 1 aliphatic rings. The van der Waals surface area contributed by atoms with E-state index in [-0.39, 0.29) is 12.0 Å². The molecule has 0 spiro atoms. The number of ether oxygens (including phenoxy) is 1. The molecule has 1 aliphatic heterocycles. The Hall–Kier alpha value is -1.20. The molecular formula is C14H19NO3S. The minimum Gasteiger partial charge on any atom is -0.497 e. The molecule has 5 heteroatoms. The van der Waals surface area contributed by atoms with Crippen molar-refractivity contribution in [2.45, 2.75) is 23.8 Å². The van der Waals surface area contributed by atoms with Gasteiger partial charge in [0.25, 0.3) is 0 Å². The van der Waals surface area contributed by atoms with Crippen LogP contribution in [0.15, 0.2) is 29.2 Å². The molecule has 1 aromatic rings. The van der Waals surface area contributed by atoms with Crippen molar-refractivity contribution in [1.29, 1.82) is 0 Å². The van der Waals surface area contributed by atoms with Crippen molar-refractivity contribution in [2.75, 3.05) is 26.0 Å². The van der Waals surface area contributed by atoms with Crippen molar-refractivity contribution in [2.24, 2.45) is 0 Å². The van der Waals surface area contributed by atoms with E-state index in [2.05, 4.69) is 0 Å². The number of aliphatic hydroxyl groups is 1. The molecule has 0 aliphatic carbocycles. The number of piperidine rings is 1. The van der Waals surface area contributed by atoms with E-state index in [1.165, 1.54) is 11.8 Å². The Kier molecular flexibility index (Phi) is 5.10. The molecule has 2 rings (SSSR count). The number of hydrogen-bond donors (Lipinski definition) is 1. The molecule has 1 saturated heterocycles. The van der Waals surface area contributed by atoms with Crippen LogP contribution in [-0.4, -0.2) is 48.0 Å². The lowest BCUT2D eigenvalue weighted by molar-refractivity contribution is -0.130. The smallest absolute Gasteiger partial charge is 0.232 e. The van der Waals surface area contributed by atoms with E-state index in [0.29, 0.717) is 31.7 Å². The lowest BCUT2D eigenvalue weighted by Gasteiger charge is -2.29. The normalized spacial score (nSPS) is 16.4. The van der Waals surface area contributed by atoms with E-state index < -0.39 is 0 Å². The van der Waals surface area contributed by atoms with Gasteiger partial charge in [0.05, 0.1) is 19.0 Å². The summed E-state index contributed by atoms with van der Waals surface area (Å²) in [6, 6.07) is 7.70. The lowest BCUT2D eigenvalue weighted by Crippen LogP contribution is -2.40. The molecule has 0 atom stereocenters. The van der Waals surface area contributed by atoms with Crippen molar-refractivity contribution in [3.8, 4) is 5.75 Å². The van der Waals surface area contributed by atoms with Gasteiger partial charge in [0.2, 0.25) is 5.91 Å². The first-order chi connectivity index (χ1) is 9.19. The number of rotatable bonds is 4. The van der Waals surface area contributed by atoms with Crippen LogP contribution < -0.4 is 4.74 Å². The molecule has 0 unspecified atom stereocenters. The van der Waals surface area contributed by atoms with E-state index in [1.807, 2.05) is 29.2 Å². The Morgan fingerprint density at radius 1 is 1.37 bits per heavy atom. The number of benzene rings is 1. The van der Waals surface area contributed by atoms with E-state index >= 15 is 0 Å². The molecule has 1 amide bonds. The van der Waals surface area contributed by atoms with Crippen LogP contribution in [0, 0.1) is 0 Å². The van der Waals surface area contributed by atoms with Crippen LogP contribution in [0.5, 0.6) is 5.75 Å². The largest absolute Gasteiger partial charge is 0.497 e. The van der Waals surface area contributed by atoms with Gasteiger partial charge in [-0.3, -0.25) is 4.79 Å². The average molecular weight is 281 g/mol. The molecule has 1 fully saturated rings. The van der Waals surface area contributed by atoms with Crippen LogP contribution >= 0.6 is 11.8 Å². The predicted octanol–water partition coefficient (Wildman–Crippen LogP) is 1.77. The Bertz CT molecular complexity index is 413. The topological polar surface area (TPSA) is 49.8 Å². The zero-order chi connectivity index (χ0) is 13.7. The number of thioether (sulfide) groups is 1. The van der Waals surface area contributed by atoms with Crippen molar-refractivity contribution < 1.29 is 14.6 Å². The van der Waals surface area contributed by atoms with Crippen molar-refractivity contribution in [3.63, 3.8) is 0 Å².